The molecule has 1 saturated heterocycles. The summed E-state index contributed by atoms with van der Waals surface area (Å²) in [7, 11) is 3.06. The number of hydrogen-bond acceptors (Lipinski definition) is 10. The van der Waals surface area contributed by atoms with E-state index in [1.165, 1.54) is 14.2 Å². The number of esters is 1. The number of methoxy groups -OCH3 is 2. The van der Waals surface area contributed by atoms with Gasteiger partial charge in [0, 0.05) is 16.5 Å². The molecule has 3 heterocycles. The predicted molar refractivity (Wildman–Crippen MR) is 129 cm³/mol. The zero-order valence-corrected chi connectivity index (χ0v) is 20.3. The summed E-state index contributed by atoms with van der Waals surface area (Å²) in [6.45, 7) is -0.0886. The normalized spacial score (nSPS) is 22.1. The molecule has 3 aliphatic rings. The Labute approximate surface area is 212 Å². The van der Waals surface area contributed by atoms with Crippen LogP contribution in [0.4, 0.5) is 0 Å². The number of carbonyl (C=O) groups excluding carboxylic acids is 1. The largest absolute Gasteiger partial charge is 0.493 e. The number of rotatable bonds is 6. The number of ether oxygens (including phenoxy) is 7. The first-order valence-corrected chi connectivity index (χ1v) is 11.9. The van der Waals surface area contributed by atoms with Crippen LogP contribution in [0.15, 0.2) is 30.3 Å². The molecule has 0 aliphatic carbocycles. The van der Waals surface area contributed by atoms with E-state index >= 15 is 0 Å². The minimum absolute atomic E-state index is 0.0163. The Hall–Kier alpha value is -3.73. The van der Waals surface area contributed by atoms with Crippen LogP contribution in [0.3, 0.4) is 0 Å². The molecule has 0 amide bonds. The Kier molecular flexibility index (Phi) is 5.94. The first-order chi connectivity index (χ1) is 18.0. The van der Waals surface area contributed by atoms with Gasteiger partial charge in [0.1, 0.15) is 18.5 Å². The molecule has 3 aliphatic heterocycles. The smallest absolute Gasteiger partial charge is 0.339 e. The van der Waals surface area contributed by atoms with Gasteiger partial charge in [-0.25, -0.2) is 4.79 Å². The molecular weight excluding hydrogens is 484 g/mol. The van der Waals surface area contributed by atoms with Crippen molar-refractivity contribution in [1.29, 1.82) is 0 Å². The van der Waals surface area contributed by atoms with Gasteiger partial charge >= 0.3 is 5.97 Å². The molecule has 0 radical (unpaired) electrons. The van der Waals surface area contributed by atoms with Crippen LogP contribution in [0.2, 0.25) is 0 Å². The number of cyclic esters (lactones) is 1. The third kappa shape index (κ3) is 3.88. The van der Waals surface area contributed by atoms with Crippen LogP contribution in [0.25, 0.3) is 21.9 Å². The Morgan fingerprint density at radius 2 is 1.70 bits per heavy atom. The molecule has 194 valence electrons. The highest BCUT2D eigenvalue weighted by atomic mass is 16.7. The SMILES string of the molecule is COc1cc2c(O[C@H]3OC(CO)CCC3O)c3c(c(-c4ccc5c(c4)OCO5)c2cc1OC)C(=O)OC3. The van der Waals surface area contributed by atoms with Crippen molar-refractivity contribution in [2.24, 2.45) is 0 Å². The van der Waals surface area contributed by atoms with Gasteiger partial charge in [0.2, 0.25) is 13.1 Å². The van der Waals surface area contributed by atoms with Crippen LogP contribution in [0.1, 0.15) is 28.8 Å². The molecule has 0 bridgehead atoms. The molecule has 0 spiro atoms. The van der Waals surface area contributed by atoms with Gasteiger partial charge in [0.05, 0.1) is 32.5 Å². The molecule has 3 aromatic rings. The van der Waals surface area contributed by atoms with E-state index in [2.05, 4.69) is 0 Å². The van der Waals surface area contributed by atoms with Gasteiger partial charge in [-0.05, 0) is 48.1 Å². The summed E-state index contributed by atoms with van der Waals surface area (Å²) in [6, 6.07) is 9.01. The summed E-state index contributed by atoms with van der Waals surface area (Å²) in [5, 5.41) is 21.5. The maximum atomic E-state index is 13.1. The monoisotopic (exact) mass is 510 g/mol. The van der Waals surface area contributed by atoms with Crippen molar-refractivity contribution in [2.75, 3.05) is 27.6 Å². The third-order valence-electron chi connectivity index (χ3n) is 6.94. The fraction of sp³-hybridized carbons (Fsp3) is 0.370. The number of benzene rings is 3. The van der Waals surface area contributed by atoms with Crippen LogP contribution in [0.5, 0.6) is 28.7 Å². The van der Waals surface area contributed by atoms with E-state index in [0.717, 1.165) is 5.56 Å². The van der Waals surface area contributed by atoms with E-state index in [1.807, 2.05) is 12.1 Å². The summed E-state index contributed by atoms with van der Waals surface area (Å²) in [5.74, 6) is 1.95. The number of fused-ring (bicyclic) bond motifs is 3. The van der Waals surface area contributed by atoms with Gasteiger partial charge in [0.15, 0.2) is 23.0 Å². The second-order valence-electron chi connectivity index (χ2n) is 9.03. The van der Waals surface area contributed by atoms with Gasteiger partial charge in [-0.2, -0.15) is 0 Å². The fourth-order valence-electron chi connectivity index (χ4n) is 5.09. The number of carbonyl (C=O) groups is 1. The summed E-state index contributed by atoms with van der Waals surface area (Å²) < 4.78 is 39.8. The fourth-order valence-corrected chi connectivity index (χ4v) is 5.09. The van der Waals surface area contributed by atoms with Crippen LogP contribution < -0.4 is 23.7 Å². The summed E-state index contributed by atoms with van der Waals surface area (Å²) in [5.41, 5.74) is 2.21. The van der Waals surface area contributed by atoms with Gasteiger partial charge in [0.25, 0.3) is 0 Å². The molecule has 2 N–H and O–H groups in total. The molecule has 10 heteroatoms. The summed E-state index contributed by atoms with van der Waals surface area (Å²) in [4.78, 5) is 13.1. The molecule has 0 aromatic heterocycles. The van der Waals surface area contributed by atoms with Crippen molar-refractivity contribution in [3.63, 3.8) is 0 Å². The van der Waals surface area contributed by atoms with Crippen LogP contribution in [0, 0.1) is 0 Å². The molecule has 3 aromatic carbocycles. The predicted octanol–water partition coefficient (Wildman–Crippen LogP) is 3.16. The Morgan fingerprint density at radius 1 is 0.946 bits per heavy atom. The van der Waals surface area contributed by atoms with Crippen molar-refractivity contribution in [1.82, 2.24) is 0 Å². The Bertz CT molecular complexity index is 1380. The van der Waals surface area contributed by atoms with Crippen molar-refractivity contribution >= 4 is 16.7 Å². The molecule has 2 unspecified atom stereocenters. The van der Waals surface area contributed by atoms with E-state index < -0.39 is 24.5 Å². The number of hydrogen-bond donors (Lipinski definition) is 2. The lowest BCUT2D eigenvalue weighted by atomic mass is 9.89. The van der Waals surface area contributed by atoms with E-state index in [1.54, 1.807) is 18.2 Å². The average Bonchev–Trinajstić information content (AvgIpc) is 3.55. The van der Waals surface area contributed by atoms with E-state index in [0.29, 0.717) is 69.1 Å². The second-order valence-corrected chi connectivity index (χ2v) is 9.03. The maximum Gasteiger partial charge on any atom is 0.339 e. The third-order valence-corrected chi connectivity index (χ3v) is 6.94. The zero-order valence-electron chi connectivity index (χ0n) is 20.3. The lowest BCUT2D eigenvalue weighted by Gasteiger charge is -2.33. The summed E-state index contributed by atoms with van der Waals surface area (Å²) >= 11 is 0. The van der Waals surface area contributed by atoms with E-state index in [-0.39, 0.29) is 20.0 Å². The van der Waals surface area contributed by atoms with Gasteiger partial charge in [-0.1, -0.05) is 6.07 Å². The van der Waals surface area contributed by atoms with Crippen molar-refractivity contribution < 1.29 is 48.2 Å². The minimum Gasteiger partial charge on any atom is -0.493 e. The van der Waals surface area contributed by atoms with Crippen LogP contribution in [-0.2, 0) is 16.1 Å². The molecule has 10 nitrogen and oxygen atoms in total. The maximum absolute atomic E-state index is 13.1. The minimum atomic E-state index is -1.04. The van der Waals surface area contributed by atoms with Crippen molar-refractivity contribution in [3.8, 4) is 39.9 Å². The molecule has 1 fully saturated rings. The quantitative estimate of drug-likeness (QED) is 0.478. The Morgan fingerprint density at radius 3 is 2.46 bits per heavy atom. The molecule has 6 rings (SSSR count). The molecular formula is C27H26O10. The molecule has 0 saturated carbocycles. The summed E-state index contributed by atoms with van der Waals surface area (Å²) in [6.07, 6.45) is -1.52. The topological polar surface area (TPSA) is 122 Å². The van der Waals surface area contributed by atoms with E-state index in [9.17, 15) is 15.0 Å². The van der Waals surface area contributed by atoms with Gasteiger partial charge in [-0.3, -0.25) is 0 Å². The van der Waals surface area contributed by atoms with Crippen LogP contribution >= 0.6 is 0 Å². The standard InChI is InChI=1S/C27H26O10/c1-31-20-8-15-16(9-21(20)32-2)25(37-27-18(29)5-4-14(10-28)36-27)17-11-33-26(30)24(17)23(15)13-3-6-19-22(7-13)35-12-34-19/h3,6-9,14,18,27-29H,4-5,10-12H2,1-2H3/t14?,18?,27-/m1/s1. The van der Waals surface area contributed by atoms with Gasteiger partial charge < -0.3 is 43.4 Å². The zero-order chi connectivity index (χ0) is 25.7. The highest BCUT2D eigenvalue weighted by Crippen LogP contribution is 2.49. The van der Waals surface area contributed by atoms with Crippen LogP contribution in [-0.4, -0.2) is 62.3 Å². The number of aliphatic hydroxyl groups is 2. The lowest BCUT2D eigenvalue weighted by molar-refractivity contribution is -0.208. The molecule has 37 heavy (non-hydrogen) atoms. The second kappa shape index (κ2) is 9.29. The van der Waals surface area contributed by atoms with Crippen molar-refractivity contribution in [3.05, 3.63) is 41.5 Å². The van der Waals surface area contributed by atoms with Crippen molar-refractivity contribution in [2.45, 2.75) is 37.9 Å². The first kappa shape index (κ1) is 23.7. The lowest BCUT2D eigenvalue weighted by Crippen LogP contribution is -2.43. The molecule has 3 atom stereocenters. The highest BCUT2D eigenvalue weighted by molar-refractivity contribution is 6.14. The van der Waals surface area contributed by atoms with Gasteiger partial charge in [-0.15, -0.1) is 0 Å². The number of aliphatic hydroxyl groups excluding tert-OH is 2. The van der Waals surface area contributed by atoms with E-state index in [4.69, 9.17) is 33.2 Å². The Balaban J connectivity index is 1.61. The highest BCUT2D eigenvalue weighted by Gasteiger charge is 2.37. The first-order valence-electron chi connectivity index (χ1n) is 11.9. The average molecular weight is 510 g/mol.